The largest absolute Gasteiger partial charge is 0.478 e. The topological polar surface area (TPSA) is 117 Å². The first-order valence-electron chi connectivity index (χ1n) is 5.39. The summed E-state index contributed by atoms with van der Waals surface area (Å²) in [6.45, 7) is 0.0370. The highest BCUT2D eigenvalue weighted by molar-refractivity contribution is 5.93. The van der Waals surface area contributed by atoms with Crippen LogP contribution in [0.15, 0.2) is 29.1 Å². The Bertz CT molecular complexity index is 629. The Hall–Kier alpha value is -2.97. The second-order valence-corrected chi connectivity index (χ2v) is 3.65. The summed E-state index contributed by atoms with van der Waals surface area (Å²) in [6, 6.07) is 2.61. The molecule has 104 valence electrons. The quantitative estimate of drug-likeness (QED) is 0.775. The molecule has 8 nitrogen and oxygen atoms in total. The first-order valence-corrected chi connectivity index (χ1v) is 5.39. The Morgan fingerprint density at radius 2 is 2.20 bits per heavy atom. The molecule has 2 amide bonds. The average Bonchev–Trinajstić information content (AvgIpc) is 2.91. The minimum atomic E-state index is -1.42. The zero-order chi connectivity index (χ0) is 14.5. The second kappa shape index (κ2) is 5.78. The van der Waals surface area contributed by atoms with E-state index < -0.39 is 23.4 Å². The third-order valence-electron chi connectivity index (χ3n) is 2.27. The molecular weight excluding hydrogens is 271 g/mol. The minimum absolute atomic E-state index is 0.0370. The van der Waals surface area contributed by atoms with Gasteiger partial charge in [0.2, 0.25) is 6.39 Å². The molecule has 2 aromatic rings. The maximum Gasteiger partial charge on any atom is 0.338 e. The fourth-order valence-electron chi connectivity index (χ4n) is 1.37. The number of hydrogen-bond donors (Lipinski definition) is 3. The minimum Gasteiger partial charge on any atom is -0.478 e. The van der Waals surface area contributed by atoms with Crippen LogP contribution in [0.4, 0.5) is 14.9 Å². The number of carboxylic acid groups (broad SMARTS) is 1. The summed E-state index contributed by atoms with van der Waals surface area (Å²) in [6.07, 6.45) is 1.12. The van der Waals surface area contributed by atoms with Crippen molar-refractivity contribution in [1.82, 2.24) is 15.5 Å². The van der Waals surface area contributed by atoms with Crippen molar-refractivity contribution < 1.29 is 23.6 Å². The Labute approximate surface area is 111 Å². The number of anilines is 1. The molecule has 0 atom stereocenters. The third-order valence-corrected chi connectivity index (χ3v) is 2.27. The fourth-order valence-corrected chi connectivity index (χ4v) is 1.37. The van der Waals surface area contributed by atoms with Gasteiger partial charge < -0.3 is 20.3 Å². The maximum absolute atomic E-state index is 13.2. The molecular formula is C11H9FN4O4. The van der Waals surface area contributed by atoms with Gasteiger partial charge in [-0.05, 0) is 18.2 Å². The van der Waals surface area contributed by atoms with Crippen molar-refractivity contribution in [3.05, 3.63) is 41.8 Å². The standard InChI is InChI=1S/C11H9FN4O4/c12-8-2-1-6(3-7(8)10(17)18)15-11(19)13-4-9-14-5-20-16-9/h1-3,5H,4H2,(H,17,18)(H2,13,15,19). The summed E-state index contributed by atoms with van der Waals surface area (Å²) in [4.78, 5) is 26.0. The normalized spacial score (nSPS) is 10.1. The lowest BCUT2D eigenvalue weighted by Gasteiger charge is -2.07. The summed E-state index contributed by atoms with van der Waals surface area (Å²) in [5, 5.41) is 17.0. The van der Waals surface area contributed by atoms with E-state index in [1.165, 1.54) is 6.07 Å². The van der Waals surface area contributed by atoms with Crippen LogP contribution >= 0.6 is 0 Å². The van der Waals surface area contributed by atoms with Crippen molar-refractivity contribution in [2.75, 3.05) is 5.32 Å². The molecule has 0 bridgehead atoms. The van der Waals surface area contributed by atoms with E-state index in [0.29, 0.717) is 0 Å². The number of urea groups is 1. The molecule has 0 saturated heterocycles. The molecule has 9 heteroatoms. The highest BCUT2D eigenvalue weighted by atomic mass is 19.1. The van der Waals surface area contributed by atoms with Crippen molar-refractivity contribution >= 4 is 17.7 Å². The molecule has 0 saturated carbocycles. The van der Waals surface area contributed by atoms with E-state index in [1.807, 2.05) is 0 Å². The van der Waals surface area contributed by atoms with Gasteiger partial charge in [-0.15, -0.1) is 0 Å². The van der Waals surface area contributed by atoms with Gasteiger partial charge in [-0.25, -0.2) is 14.0 Å². The Kier molecular flexibility index (Phi) is 3.89. The van der Waals surface area contributed by atoms with Crippen LogP contribution in [0.3, 0.4) is 0 Å². The van der Waals surface area contributed by atoms with Gasteiger partial charge in [-0.1, -0.05) is 5.16 Å². The number of carbonyl (C=O) groups is 2. The molecule has 0 spiro atoms. The van der Waals surface area contributed by atoms with E-state index in [1.54, 1.807) is 0 Å². The Balaban J connectivity index is 1.97. The van der Waals surface area contributed by atoms with Crippen LogP contribution in [-0.4, -0.2) is 27.2 Å². The summed E-state index contributed by atoms with van der Waals surface area (Å²) in [7, 11) is 0. The molecule has 0 unspecified atom stereocenters. The fraction of sp³-hybridized carbons (Fsp3) is 0.0909. The van der Waals surface area contributed by atoms with Crippen LogP contribution in [0.25, 0.3) is 0 Å². The number of aromatic carboxylic acids is 1. The van der Waals surface area contributed by atoms with Gasteiger partial charge in [-0.2, -0.15) is 4.98 Å². The highest BCUT2D eigenvalue weighted by Crippen LogP contribution is 2.14. The lowest BCUT2D eigenvalue weighted by Crippen LogP contribution is -2.28. The predicted octanol–water partition coefficient (Wildman–Crippen LogP) is 1.23. The summed E-state index contributed by atoms with van der Waals surface area (Å²) in [5.74, 6) is -2.01. The molecule has 0 aliphatic carbocycles. The van der Waals surface area contributed by atoms with Gasteiger partial charge >= 0.3 is 12.0 Å². The van der Waals surface area contributed by atoms with Crippen LogP contribution in [0.1, 0.15) is 16.2 Å². The van der Waals surface area contributed by atoms with Crippen LogP contribution in [0.5, 0.6) is 0 Å². The monoisotopic (exact) mass is 280 g/mol. The van der Waals surface area contributed by atoms with Gasteiger partial charge in [-0.3, -0.25) is 0 Å². The zero-order valence-electron chi connectivity index (χ0n) is 9.96. The SMILES string of the molecule is O=C(NCc1ncon1)Nc1ccc(F)c(C(=O)O)c1. The van der Waals surface area contributed by atoms with E-state index in [9.17, 15) is 14.0 Å². The van der Waals surface area contributed by atoms with Crippen molar-refractivity contribution in [2.45, 2.75) is 6.54 Å². The predicted molar refractivity (Wildman–Crippen MR) is 63.5 cm³/mol. The molecule has 0 aliphatic heterocycles. The molecule has 0 radical (unpaired) electrons. The number of carbonyl (C=O) groups excluding carboxylic acids is 1. The summed E-state index contributed by atoms with van der Waals surface area (Å²) in [5.41, 5.74) is -0.379. The van der Waals surface area contributed by atoms with Crippen molar-refractivity contribution in [2.24, 2.45) is 0 Å². The van der Waals surface area contributed by atoms with E-state index in [-0.39, 0.29) is 18.1 Å². The third kappa shape index (κ3) is 3.28. The average molecular weight is 280 g/mol. The van der Waals surface area contributed by atoms with Crippen molar-refractivity contribution in [3.8, 4) is 0 Å². The van der Waals surface area contributed by atoms with Crippen LogP contribution in [-0.2, 0) is 6.54 Å². The molecule has 1 aromatic carbocycles. The van der Waals surface area contributed by atoms with E-state index >= 15 is 0 Å². The molecule has 0 aliphatic rings. The van der Waals surface area contributed by atoms with Crippen LogP contribution in [0, 0.1) is 5.82 Å². The summed E-state index contributed by atoms with van der Waals surface area (Å²) < 4.78 is 17.6. The molecule has 0 fully saturated rings. The highest BCUT2D eigenvalue weighted by Gasteiger charge is 2.12. The van der Waals surface area contributed by atoms with Gasteiger partial charge in [0.05, 0.1) is 12.1 Å². The van der Waals surface area contributed by atoms with Crippen molar-refractivity contribution in [1.29, 1.82) is 0 Å². The smallest absolute Gasteiger partial charge is 0.338 e. The molecule has 1 heterocycles. The van der Waals surface area contributed by atoms with E-state index in [0.717, 1.165) is 18.5 Å². The number of benzene rings is 1. The number of amides is 2. The van der Waals surface area contributed by atoms with Gasteiger partial charge in [0.1, 0.15) is 5.82 Å². The van der Waals surface area contributed by atoms with Gasteiger partial charge in [0.15, 0.2) is 5.82 Å². The molecule has 2 rings (SSSR count). The lowest BCUT2D eigenvalue weighted by molar-refractivity contribution is 0.0692. The number of nitrogens with zero attached hydrogens (tertiary/aromatic N) is 2. The lowest BCUT2D eigenvalue weighted by atomic mass is 10.2. The summed E-state index contributed by atoms with van der Waals surface area (Å²) >= 11 is 0. The number of nitrogens with one attached hydrogen (secondary N) is 2. The maximum atomic E-state index is 13.2. The van der Waals surface area contributed by atoms with Crippen molar-refractivity contribution in [3.63, 3.8) is 0 Å². The molecule has 20 heavy (non-hydrogen) atoms. The Morgan fingerprint density at radius 3 is 2.85 bits per heavy atom. The molecule has 1 aromatic heterocycles. The van der Waals surface area contributed by atoms with E-state index in [4.69, 9.17) is 5.11 Å². The Morgan fingerprint density at radius 1 is 1.40 bits per heavy atom. The second-order valence-electron chi connectivity index (χ2n) is 3.65. The number of rotatable bonds is 4. The van der Waals surface area contributed by atoms with Crippen LogP contribution in [0.2, 0.25) is 0 Å². The first kappa shape index (κ1) is 13.5. The first-order chi connectivity index (χ1) is 9.56. The number of carboxylic acids is 1. The van der Waals surface area contributed by atoms with Crippen LogP contribution < -0.4 is 10.6 Å². The van der Waals surface area contributed by atoms with Gasteiger partial charge in [0, 0.05) is 5.69 Å². The number of halogens is 1. The van der Waals surface area contributed by atoms with E-state index in [2.05, 4.69) is 25.3 Å². The van der Waals surface area contributed by atoms with Gasteiger partial charge in [0.25, 0.3) is 0 Å². The number of hydrogen-bond acceptors (Lipinski definition) is 5. The zero-order valence-corrected chi connectivity index (χ0v) is 9.96. The number of aromatic nitrogens is 2. The molecule has 3 N–H and O–H groups in total.